The number of hydrazine groups is 1. The lowest BCUT2D eigenvalue weighted by Gasteiger charge is -2.50. The molecule has 0 radical (unpaired) electrons. The van der Waals surface area contributed by atoms with Crippen LogP contribution in [0.4, 0.5) is 32.8 Å². The van der Waals surface area contributed by atoms with E-state index in [0.717, 1.165) is 34.2 Å². The molecule has 0 aromatic heterocycles. The van der Waals surface area contributed by atoms with Gasteiger partial charge < -0.3 is 14.7 Å². The zero-order valence-electron chi connectivity index (χ0n) is 32.2. The molecule has 4 amide bonds. The number of halogens is 2. The summed E-state index contributed by atoms with van der Waals surface area (Å²) < 4.78 is 19.7. The maximum Gasteiger partial charge on any atom is 0.301 e. The second kappa shape index (κ2) is 14.7. The summed E-state index contributed by atoms with van der Waals surface area (Å²) in [5, 5.41) is 36.6. The van der Waals surface area contributed by atoms with Crippen molar-refractivity contribution in [3.8, 4) is 11.5 Å². The lowest BCUT2D eigenvalue weighted by Crippen LogP contribution is -2.53. The van der Waals surface area contributed by atoms with E-state index >= 15 is 4.79 Å². The van der Waals surface area contributed by atoms with Gasteiger partial charge in [0.1, 0.15) is 5.82 Å². The smallest absolute Gasteiger partial charge is 0.301 e. The highest BCUT2D eigenvalue weighted by atomic mass is 35.5. The third-order valence-corrected chi connectivity index (χ3v) is 12.3. The second-order valence-corrected chi connectivity index (χ2v) is 15.7. The minimum absolute atomic E-state index is 0.0223. The highest BCUT2D eigenvalue weighted by Crippen LogP contribution is 2.64. The Hall–Kier alpha value is -6.88. The molecule has 60 heavy (non-hydrogen) atoms. The van der Waals surface area contributed by atoms with Gasteiger partial charge in [0.05, 0.1) is 51.0 Å². The van der Waals surface area contributed by atoms with Gasteiger partial charge in [-0.05, 0) is 85.3 Å². The van der Waals surface area contributed by atoms with E-state index in [9.17, 15) is 44.1 Å². The second-order valence-electron chi connectivity index (χ2n) is 15.3. The highest BCUT2D eigenvalue weighted by molar-refractivity contribution is 6.30. The van der Waals surface area contributed by atoms with Crippen molar-refractivity contribution in [2.24, 2.45) is 23.7 Å². The summed E-state index contributed by atoms with van der Waals surface area (Å²) in [6.07, 6.45) is 1.63. The molecular weight excluding hydrogens is 803 g/mol. The first kappa shape index (κ1) is 39.9. The largest absolute Gasteiger partial charge is 0.504 e. The number of imide groups is 2. The molecule has 18 heteroatoms. The number of carbonyl (C=O) groups is 4. The van der Waals surface area contributed by atoms with Gasteiger partial charge in [-0.25, -0.2) is 9.29 Å². The Kier molecular flexibility index (Phi) is 9.81. The molecule has 2 N–H and O–H groups in total. The van der Waals surface area contributed by atoms with Gasteiger partial charge in [0.15, 0.2) is 17.2 Å². The first-order valence-electron chi connectivity index (χ1n) is 18.9. The molecule has 2 aliphatic heterocycles. The molecule has 3 fully saturated rings. The van der Waals surface area contributed by atoms with Crippen molar-refractivity contribution >= 4 is 63.7 Å². The molecule has 4 aromatic carbocycles. The summed E-state index contributed by atoms with van der Waals surface area (Å²) in [6, 6.07) is 18.0. The van der Waals surface area contributed by atoms with E-state index in [2.05, 4.69) is 5.43 Å². The molecule has 16 nitrogen and oxygen atoms in total. The van der Waals surface area contributed by atoms with Crippen LogP contribution in [-0.2, 0) is 24.6 Å². The van der Waals surface area contributed by atoms with Crippen LogP contribution < -0.4 is 20.0 Å². The Bertz CT molecular complexity index is 2520. The molecule has 2 saturated heterocycles. The summed E-state index contributed by atoms with van der Waals surface area (Å²) in [6.45, 7) is 1.90. The highest BCUT2D eigenvalue weighted by Gasteiger charge is 2.70. The van der Waals surface area contributed by atoms with E-state index in [1.807, 2.05) is 0 Å². The topological polar surface area (TPSA) is 206 Å². The molecule has 6 atom stereocenters. The molecule has 4 aromatic rings. The molecule has 0 spiro atoms. The number of rotatable bonds is 10. The summed E-state index contributed by atoms with van der Waals surface area (Å²) in [7, 11) is 2.78. The van der Waals surface area contributed by atoms with Crippen LogP contribution in [0, 0.1) is 49.7 Å². The minimum Gasteiger partial charge on any atom is -0.504 e. The quantitative estimate of drug-likeness (QED) is 0.0745. The lowest BCUT2D eigenvalue weighted by molar-refractivity contribution is -0.392. The number of nitrogens with zero attached hydrogens (tertiary/aromatic N) is 5. The van der Waals surface area contributed by atoms with Crippen LogP contribution in [0.15, 0.2) is 90.5 Å². The summed E-state index contributed by atoms with van der Waals surface area (Å²) in [4.78, 5) is 84.3. The normalized spacial score (nSPS) is 24.4. The number of fused-ring (bicyclic) bond motifs is 4. The van der Waals surface area contributed by atoms with E-state index in [0.29, 0.717) is 21.7 Å². The maximum atomic E-state index is 15.4. The SMILES string of the molecule is CCOc1cc(C2C3=CCC4C(=O)N(c5cc([N+](=O)[O-])c(N(C)C)c([N+](=O)[O-])c5)C(=O)C4C3CC3C(=O)N(Nc4ccc(F)cc4)C(=O)C32c2ccc(Cl)cc2)ccc1O. The molecule has 4 aliphatic rings. The number of nitrogens with one attached hydrogen (secondary N) is 1. The minimum atomic E-state index is -1.72. The van der Waals surface area contributed by atoms with Gasteiger partial charge in [0.25, 0.3) is 11.8 Å². The van der Waals surface area contributed by atoms with Crippen LogP contribution in [0.25, 0.3) is 0 Å². The Balaban J connectivity index is 1.32. The summed E-state index contributed by atoms with van der Waals surface area (Å²) in [5.74, 6) is -8.78. The van der Waals surface area contributed by atoms with Crippen LogP contribution >= 0.6 is 11.6 Å². The predicted molar refractivity (Wildman–Crippen MR) is 215 cm³/mol. The zero-order chi connectivity index (χ0) is 42.9. The zero-order valence-corrected chi connectivity index (χ0v) is 33.0. The number of aromatic hydroxyl groups is 1. The first-order valence-corrected chi connectivity index (χ1v) is 19.3. The number of hydrogen-bond donors (Lipinski definition) is 2. The van der Waals surface area contributed by atoms with Crippen LogP contribution in [0.5, 0.6) is 11.5 Å². The van der Waals surface area contributed by atoms with E-state index in [-0.39, 0.29) is 48.0 Å². The van der Waals surface area contributed by atoms with E-state index in [1.54, 1.807) is 49.4 Å². The van der Waals surface area contributed by atoms with Gasteiger partial charge in [0, 0.05) is 37.2 Å². The van der Waals surface area contributed by atoms with E-state index < -0.39 is 85.7 Å². The monoisotopic (exact) mass is 838 g/mol. The molecule has 2 heterocycles. The number of phenols is 1. The lowest BCUT2D eigenvalue weighted by atomic mass is 9.49. The predicted octanol–water partition coefficient (Wildman–Crippen LogP) is 6.66. The molecule has 1 saturated carbocycles. The Morgan fingerprint density at radius 2 is 1.57 bits per heavy atom. The number of hydrogen-bond acceptors (Lipinski definition) is 12. The van der Waals surface area contributed by atoms with Crippen LogP contribution in [0.2, 0.25) is 5.02 Å². The van der Waals surface area contributed by atoms with Crippen molar-refractivity contribution in [3.63, 3.8) is 0 Å². The van der Waals surface area contributed by atoms with Gasteiger partial charge in [-0.3, -0.25) is 44.8 Å². The Morgan fingerprint density at radius 1 is 0.917 bits per heavy atom. The van der Waals surface area contributed by atoms with Gasteiger partial charge in [0.2, 0.25) is 11.8 Å². The van der Waals surface area contributed by atoms with Gasteiger partial charge >= 0.3 is 11.4 Å². The van der Waals surface area contributed by atoms with Crippen molar-refractivity contribution < 1.29 is 43.3 Å². The van der Waals surface area contributed by atoms with Gasteiger partial charge in [-0.1, -0.05) is 41.4 Å². The van der Waals surface area contributed by atoms with Gasteiger partial charge in [-0.15, -0.1) is 0 Å². The van der Waals surface area contributed by atoms with Crippen LogP contribution in [-0.4, -0.2) is 64.3 Å². The average molecular weight is 839 g/mol. The van der Waals surface area contributed by atoms with E-state index in [1.165, 1.54) is 37.2 Å². The standard InChI is InChI=1S/C42H36ClFN6O10/c1-4-60-34-17-21(5-16-33(34)51)36-27-14-15-28-35(40(54)47(38(28)52)26-18-31(49(56)57)37(46(2)3)32(19-26)50(58)59)29(27)20-30-39(53)48(45-25-12-10-24(44)11-13-25)41(55)42(30,36)22-6-8-23(43)9-7-22/h5-14,16-19,28-30,35-36,45,51H,4,15,20H2,1-3H3. The first-order chi connectivity index (χ1) is 28.6. The summed E-state index contributed by atoms with van der Waals surface area (Å²) in [5.41, 5.74) is 0.713. The van der Waals surface area contributed by atoms with Crippen LogP contribution in [0.1, 0.15) is 36.8 Å². The summed E-state index contributed by atoms with van der Waals surface area (Å²) >= 11 is 6.36. The molecule has 6 unspecified atom stereocenters. The van der Waals surface area contributed by atoms with Crippen molar-refractivity contribution in [3.05, 3.63) is 133 Å². The fourth-order valence-electron chi connectivity index (χ4n) is 9.72. The van der Waals surface area contributed by atoms with Crippen molar-refractivity contribution in [1.82, 2.24) is 5.01 Å². The Labute approximate surface area is 346 Å². The molecule has 308 valence electrons. The number of phenolic OH excluding ortho intramolecular Hbond substituents is 1. The van der Waals surface area contributed by atoms with E-state index in [4.69, 9.17) is 16.3 Å². The molecule has 2 aliphatic carbocycles. The average Bonchev–Trinajstić information content (AvgIpc) is 3.59. The molecule has 0 bridgehead atoms. The van der Waals surface area contributed by atoms with Gasteiger partial charge in [-0.2, -0.15) is 5.01 Å². The number of nitro groups is 2. The Morgan fingerprint density at radius 3 is 2.17 bits per heavy atom. The fourth-order valence-corrected chi connectivity index (χ4v) is 9.85. The third kappa shape index (κ3) is 6.01. The third-order valence-electron chi connectivity index (χ3n) is 12.0. The number of amides is 4. The number of benzene rings is 4. The molecular formula is C42H36ClFN6O10. The van der Waals surface area contributed by atoms with Crippen molar-refractivity contribution in [2.75, 3.05) is 35.9 Å². The fraction of sp³-hybridized carbons (Fsp3) is 0.286. The molecule has 8 rings (SSSR count). The number of anilines is 3. The number of allylic oxidation sites excluding steroid dienone is 2. The number of ether oxygens (including phenoxy) is 1. The van der Waals surface area contributed by atoms with Crippen LogP contribution in [0.3, 0.4) is 0 Å². The number of carbonyl (C=O) groups excluding carboxylic acids is 4. The van der Waals surface area contributed by atoms with Crippen molar-refractivity contribution in [1.29, 1.82) is 0 Å². The maximum absolute atomic E-state index is 15.4. The number of nitro benzene ring substituents is 2. The van der Waals surface area contributed by atoms with Crippen molar-refractivity contribution in [2.45, 2.75) is 31.1 Å².